The van der Waals surface area contributed by atoms with Crippen LogP contribution in [-0.4, -0.2) is 39.1 Å². The number of sulfone groups is 1. The maximum atomic E-state index is 13.1. The highest BCUT2D eigenvalue weighted by molar-refractivity contribution is 7.92. The third-order valence-corrected chi connectivity index (χ3v) is 7.25. The number of carbonyl (C=O) groups is 2. The average Bonchev–Trinajstić information content (AvgIpc) is 2.66. The van der Waals surface area contributed by atoms with E-state index in [9.17, 15) is 18.0 Å². The van der Waals surface area contributed by atoms with E-state index in [0.29, 0.717) is 22.7 Å². The molecule has 1 heterocycles. The summed E-state index contributed by atoms with van der Waals surface area (Å²) in [6.45, 7) is 4.95. The first kappa shape index (κ1) is 20.9. The summed E-state index contributed by atoms with van der Waals surface area (Å²) < 4.78 is 31.6. The number of amides is 2. The van der Waals surface area contributed by atoms with Crippen LogP contribution in [0.2, 0.25) is 0 Å². The summed E-state index contributed by atoms with van der Waals surface area (Å²) in [7, 11) is -2.14. The Morgan fingerprint density at radius 1 is 1.24 bits per heavy atom. The Hall–Kier alpha value is -2.87. The van der Waals surface area contributed by atoms with Gasteiger partial charge in [0.2, 0.25) is 5.91 Å². The number of hydrogen-bond acceptors (Lipinski definition) is 5. The van der Waals surface area contributed by atoms with Crippen LogP contribution in [0.3, 0.4) is 0 Å². The zero-order valence-corrected chi connectivity index (χ0v) is 17.7. The van der Waals surface area contributed by atoms with Gasteiger partial charge in [0.25, 0.3) is 5.91 Å². The fourth-order valence-corrected chi connectivity index (χ4v) is 4.79. The van der Waals surface area contributed by atoms with Crippen LogP contribution in [0.1, 0.15) is 24.5 Å². The normalized spacial score (nSPS) is 14.4. The Bertz CT molecular complexity index is 1080. The van der Waals surface area contributed by atoms with Gasteiger partial charge in [-0.05, 0) is 50.1 Å². The summed E-state index contributed by atoms with van der Waals surface area (Å²) in [6, 6.07) is 10.5. The maximum Gasteiger partial charge on any atom is 0.262 e. The van der Waals surface area contributed by atoms with Gasteiger partial charge < -0.3 is 15.0 Å². The molecule has 0 spiro atoms. The van der Waals surface area contributed by atoms with E-state index in [4.69, 9.17) is 4.74 Å². The number of nitrogens with one attached hydrogen (secondary N) is 1. The molecular formula is C21H24N2O5S. The second-order valence-electron chi connectivity index (χ2n) is 7.30. The summed E-state index contributed by atoms with van der Waals surface area (Å²) in [5, 5.41) is 1.74. The Morgan fingerprint density at radius 3 is 2.66 bits per heavy atom. The number of nitrogens with zero attached hydrogens (tertiary/aromatic N) is 1. The van der Waals surface area contributed by atoms with Crippen LogP contribution in [0.4, 0.5) is 11.4 Å². The van der Waals surface area contributed by atoms with Gasteiger partial charge in [-0.1, -0.05) is 12.1 Å². The van der Waals surface area contributed by atoms with Crippen molar-refractivity contribution in [2.45, 2.75) is 37.3 Å². The number of benzene rings is 2. The van der Waals surface area contributed by atoms with Crippen molar-refractivity contribution in [1.82, 2.24) is 0 Å². The van der Waals surface area contributed by atoms with E-state index in [1.165, 1.54) is 17.9 Å². The van der Waals surface area contributed by atoms with Crippen molar-refractivity contribution in [3.8, 4) is 5.75 Å². The molecule has 2 aromatic carbocycles. The molecule has 3 rings (SSSR count). The monoisotopic (exact) mass is 416 g/mol. The molecule has 0 saturated heterocycles. The predicted octanol–water partition coefficient (Wildman–Crippen LogP) is 2.85. The second kappa shape index (κ2) is 7.87. The van der Waals surface area contributed by atoms with E-state index in [0.717, 1.165) is 5.56 Å². The molecule has 1 N–H and O–H groups in total. The van der Waals surface area contributed by atoms with Crippen LogP contribution in [0.15, 0.2) is 41.3 Å². The third-order valence-electron chi connectivity index (χ3n) is 4.97. The van der Waals surface area contributed by atoms with Gasteiger partial charge in [-0.2, -0.15) is 0 Å². The Morgan fingerprint density at radius 2 is 1.97 bits per heavy atom. The standard InChI is InChI=1S/C21H24N2O5S/c1-13-6-5-7-16(8-13)23(4)21(25)10-15(3)29(26,27)19-11-18-17(9-14(19)2)22-20(24)12-28-18/h5-9,11,15H,10,12H2,1-4H3,(H,22,24)/t15-/m1/s1. The molecule has 7 nitrogen and oxygen atoms in total. The molecule has 0 fully saturated rings. The molecular weight excluding hydrogens is 392 g/mol. The van der Waals surface area contributed by atoms with Gasteiger partial charge in [0, 0.05) is 25.2 Å². The molecule has 2 amide bonds. The topological polar surface area (TPSA) is 92.8 Å². The molecule has 29 heavy (non-hydrogen) atoms. The first-order valence-electron chi connectivity index (χ1n) is 9.24. The van der Waals surface area contributed by atoms with Crippen LogP contribution in [0.5, 0.6) is 5.75 Å². The summed E-state index contributed by atoms with van der Waals surface area (Å²) in [4.78, 5) is 25.7. The van der Waals surface area contributed by atoms with E-state index < -0.39 is 15.1 Å². The molecule has 1 aliphatic heterocycles. The Balaban J connectivity index is 1.82. The molecule has 1 aliphatic rings. The Kier molecular flexibility index (Phi) is 5.66. The van der Waals surface area contributed by atoms with Gasteiger partial charge in [0.05, 0.1) is 15.8 Å². The number of carbonyl (C=O) groups excluding carboxylic acids is 2. The SMILES string of the molecule is Cc1cccc(N(C)C(=O)C[C@@H](C)S(=O)(=O)c2cc3c(cc2C)NC(=O)CO3)c1. The van der Waals surface area contributed by atoms with Crippen molar-refractivity contribution in [3.05, 3.63) is 47.5 Å². The van der Waals surface area contributed by atoms with Crippen molar-refractivity contribution in [2.75, 3.05) is 23.9 Å². The molecule has 0 saturated carbocycles. The highest BCUT2D eigenvalue weighted by atomic mass is 32.2. The van der Waals surface area contributed by atoms with Gasteiger partial charge in [0.1, 0.15) is 5.75 Å². The number of aryl methyl sites for hydroxylation is 2. The molecule has 154 valence electrons. The van der Waals surface area contributed by atoms with Crippen LogP contribution in [-0.2, 0) is 19.4 Å². The van der Waals surface area contributed by atoms with Crippen molar-refractivity contribution in [3.63, 3.8) is 0 Å². The minimum atomic E-state index is -3.78. The highest BCUT2D eigenvalue weighted by Crippen LogP contribution is 2.34. The van der Waals surface area contributed by atoms with E-state index in [1.807, 2.05) is 31.2 Å². The smallest absolute Gasteiger partial charge is 0.262 e. The number of ether oxygens (including phenoxy) is 1. The van der Waals surface area contributed by atoms with Crippen LogP contribution >= 0.6 is 0 Å². The Labute approximate surface area is 170 Å². The lowest BCUT2D eigenvalue weighted by Gasteiger charge is -2.23. The fourth-order valence-electron chi connectivity index (χ4n) is 3.21. The third kappa shape index (κ3) is 4.27. The van der Waals surface area contributed by atoms with Gasteiger partial charge in [-0.15, -0.1) is 0 Å². The maximum absolute atomic E-state index is 13.1. The average molecular weight is 416 g/mol. The summed E-state index contributed by atoms with van der Waals surface area (Å²) >= 11 is 0. The lowest BCUT2D eigenvalue weighted by Crippen LogP contribution is -2.32. The van der Waals surface area contributed by atoms with Crippen molar-refractivity contribution in [2.24, 2.45) is 0 Å². The summed E-state index contributed by atoms with van der Waals surface area (Å²) in [5.74, 6) is -0.263. The molecule has 0 bridgehead atoms. The van der Waals surface area contributed by atoms with Crippen molar-refractivity contribution in [1.29, 1.82) is 0 Å². The van der Waals surface area contributed by atoms with Gasteiger partial charge in [0.15, 0.2) is 16.4 Å². The zero-order chi connectivity index (χ0) is 21.3. The molecule has 0 unspecified atom stereocenters. The number of anilines is 2. The number of rotatable bonds is 5. The molecule has 0 aliphatic carbocycles. The van der Waals surface area contributed by atoms with E-state index in [-0.39, 0.29) is 29.7 Å². The lowest BCUT2D eigenvalue weighted by atomic mass is 10.2. The van der Waals surface area contributed by atoms with Crippen LogP contribution in [0, 0.1) is 13.8 Å². The second-order valence-corrected chi connectivity index (χ2v) is 9.64. The molecule has 1 atom stereocenters. The van der Waals surface area contributed by atoms with Gasteiger partial charge in [-0.25, -0.2) is 8.42 Å². The van der Waals surface area contributed by atoms with Crippen molar-refractivity contribution >= 4 is 33.0 Å². The van der Waals surface area contributed by atoms with Crippen molar-refractivity contribution < 1.29 is 22.7 Å². The first-order chi connectivity index (χ1) is 13.6. The molecule has 0 radical (unpaired) electrons. The van der Waals surface area contributed by atoms with Gasteiger partial charge >= 0.3 is 0 Å². The first-order valence-corrected chi connectivity index (χ1v) is 10.8. The molecule has 2 aromatic rings. The van der Waals surface area contributed by atoms with E-state index >= 15 is 0 Å². The molecule has 8 heteroatoms. The fraction of sp³-hybridized carbons (Fsp3) is 0.333. The quantitative estimate of drug-likeness (QED) is 0.809. The zero-order valence-electron chi connectivity index (χ0n) is 16.9. The minimum absolute atomic E-state index is 0.103. The van der Waals surface area contributed by atoms with E-state index in [2.05, 4.69) is 5.32 Å². The predicted molar refractivity (Wildman–Crippen MR) is 111 cm³/mol. The summed E-state index contributed by atoms with van der Waals surface area (Å²) in [5.41, 5.74) is 2.66. The van der Waals surface area contributed by atoms with Crippen LogP contribution < -0.4 is 15.0 Å². The summed E-state index contributed by atoms with van der Waals surface area (Å²) in [6.07, 6.45) is -0.152. The van der Waals surface area contributed by atoms with E-state index in [1.54, 1.807) is 20.0 Å². The number of hydrogen-bond donors (Lipinski definition) is 1. The minimum Gasteiger partial charge on any atom is -0.482 e. The lowest BCUT2D eigenvalue weighted by molar-refractivity contribution is -0.119. The largest absolute Gasteiger partial charge is 0.482 e. The highest BCUT2D eigenvalue weighted by Gasteiger charge is 2.30. The number of fused-ring (bicyclic) bond motifs is 1. The van der Waals surface area contributed by atoms with Crippen LogP contribution in [0.25, 0.3) is 0 Å². The molecule has 0 aromatic heterocycles. The van der Waals surface area contributed by atoms with Gasteiger partial charge in [-0.3, -0.25) is 9.59 Å².